The second-order valence-corrected chi connectivity index (χ2v) is 10.0. The molecule has 3 aromatic rings. The molecule has 216 valence electrons. The Labute approximate surface area is 231 Å². The minimum absolute atomic E-state index is 0.121. The topological polar surface area (TPSA) is 133 Å². The van der Waals surface area contributed by atoms with Crippen LogP contribution in [0.1, 0.15) is 57.2 Å². The number of anilines is 1. The van der Waals surface area contributed by atoms with E-state index in [1.54, 1.807) is 17.3 Å². The van der Waals surface area contributed by atoms with Crippen molar-refractivity contribution in [3.63, 3.8) is 0 Å². The van der Waals surface area contributed by atoms with Crippen molar-refractivity contribution in [2.45, 2.75) is 64.2 Å². The van der Waals surface area contributed by atoms with E-state index in [1.165, 1.54) is 0 Å². The van der Waals surface area contributed by atoms with Gasteiger partial charge in [-0.25, -0.2) is 23.5 Å². The Bertz CT molecular complexity index is 1180. The molecule has 1 aromatic carbocycles. The van der Waals surface area contributed by atoms with Crippen LogP contribution >= 0.6 is 0 Å². The first-order chi connectivity index (χ1) is 19.3. The highest BCUT2D eigenvalue weighted by atomic mass is 19.1. The Morgan fingerprint density at radius 2 is 1.73 bits per heavy atom. The van der Waals surface area contributed by atoms with Crippen LogP contribution in [0.25, 0.3) is 0 Å². The van der Waals surface area contributed by atoms with Crippen LogP contribution < -0.4 is 15.4 Å². The number of nitrogens with two attached hydrogens (primary N) is 1. The van der Waals surface area contributed by atoms with Crippen LogP contribution in [-0.2, 0) is 11.3 Å². The zero-order valence-electron chi connectivity index (χ0n) is 22.7. The molecule has 2 N–H and O–H groups in total. The molecule has 2 aliphatic rings. The summed E-state index contributed by atoms with van der Waals surface area (Å²) in [6.45, 7) is 6.74. The summed E-state index contributed by atoms with van der Waals surface area (Å²) in [7, 11) is 0. The number of nitrogens with zero attached hydrogens (tertiary/aromatic N) is 6. The Morgan fingerprint density at radius 3 is 2.33 bits per heavy atom. The molecular formula is C27H35F2N7O4. The van der Waals surface area contributed by atoms with E-state index in [0.717, 1.165) is 63.0 Å². The molecule has 40 heavy (non-hydrogen) atoms. The highest BCUT2D eigenvalue weighted by molar-refractivity contribution is 5.67. The van der Waals surface area contributed by atoms with Gasteiger partial charge in [0.15, 0.2) is 18.2 Å². The van der Waals surface area contributed by atoms with E-state index >= 15 is 0 Å². The lowest BCUT2D eigenvalue weighted by Gasteiger charge is -2.30. The molecule has 0 bridgehead atoms. The van der Waals surface area contributed by atoms with Crippen molar-refractivity contribution in [3.8, 4) is 5.75 Å². The summed E-state index contributed by atoms with van der Waals surface area (Å²) in [6, 6.07) is 4.48. The number of amides is 1. The summed E-state index contributed by atoms with van der Waals surface area (Å²) in [5, 5.41) is 4.10. The number of benzene rings is 1. The molecule has 0 saturated carbocycles. The molecule has 4 heterocycles. The van der Waals surface area contributed by atoms with Crippen molar-refractivity contribution >= 4 is 12.0 Å². The molecular weight excluding hydrogens is 524 g/mol. The quantitative estimate of drug-likeness (QED) is 0.471. The number of hydrogen-bond donors (Lipinski definition) is 1. The van der Waals surface area contributed by atoms with Crippen molar-refractivity contribution in [1.29, 1.82) is 0 Å². The maximum atomic E-state index is 12.0. The van der Waals surface area contributed by atoms with Crippen molar-refractivity contribution in [2.24, 2.45) is 5.73 Å². The fourth-order valence-electron chi connectivity index (χ4n) is 4.40. The Morgan fingerprint density at radius 1 is 1.07 bits per heavy atom. The Kier molecular flexibility index (Phi) is 10.2. The monoisotopic (exact) mass is 559 g/mol. The minimum Gasteiger partial charge on any atom is -0.481 e. The molecule has 2 fully saturated rings. The van der Waals surface area contributed by atoms with Gasteiger partial charge in [-0.3, -0.25) is 0 Å². The van der Waals surface area contributed by atoms with Gasteiger partial charge in [0.25, 0.3) is 5.89 Å². The number of piperidine rings is 2. The van der Waals surface area contributed by atoms with Crippen LogP contribution in [0.2, 0.25) is 0 Å². The average molecular weight is 560 g/mol. The second-order valence-electron chi connectivity index (χ2n) is 10.0. The summed E-state index contributed by atoms with van der Waals surface area (Å²) >= 11 is 0. The fourth-order valence-corrected chi connectivity index (χ4v) is 4.40. The molecule has 11 nitrogen and oxygen atoms in total. The van der Waals surface area contributed by atoms with Gasteiger partial charge < -0.3 is 29.5 Å². The molecule has 0 radical (unpaired) electrons. The number of hydrogen-bond acceptors (Lipinski definition) is 10. The fraction of sp³-hybridized carbons (Fsp3) is 0.519. The van der Waals surface area contributed by atoms with Gasteiger partial charge in [-0.15, -0.1) is 0 Å². The predicted octanol–water partition coefficient (Wildman–Crippen LogP) is 4.06. The summed E-state index contributed by atoms with van der Waals surface area (Å²) in [6.07, 6.45) is 6.51. The number of carbonyl (C=O) groups is 1. The van der Waals surface area contributed by atoms with Gasteiger partial charge in [0, 0.05) is 38.1 Å². The number of likely N-dealkylation sites (tertiary alicyclic amines) is 1. The largest absolute Gasteiger partial charge is 0.481 e. The number of rotatable bonds is 6. The lowest BCUT2D eigenvalue weighted by atomic mass is 9.96. The van der Waals surface area contributed by atoms with Crippen LogP contribution in [0.15, 0.2) is 41.2 Å². The van der Waals surface area contributed by atoms with Crippen LogP contribution in [-0.4, -0.2) is 69.4 Å². The minimum atomic E-state index is -0.411. The third-order valence-corrected chi connectivity index (χ3v) is 6.46. The van der Waals surface area contributed by atoms with Crippen LogP contribution in [0.5, 0.6) is 5.75 Å². The van der Waals surface area contributed by atoms with Crippen LogP contribution in [0, 0.1) is 11.6 Å². The van der Waals surface area contributed by atoms with E-state index in [2.05, 4.69) is 25.0 Å². The molecule has 1 amide bonds. The first kappa shape index (κ1) is 29.1. The maximum absolute atomic E-state index is 12.0. The third kappa shape index (κ3) is 8.57. The normalized spacial score (nSPS) is 17.8. The van der Waals surface area contributed by atoms with Crippen molar-refractivity contribution < 1.29 is 27.6 Å². The number of aromatic nitrogens is 4. The van der Waals surface area contributed by atoms with E-state index in [1.807, 2.05) is 13.8 Å². The highest BCUT2D eigenvalue weighted by Gasteiger charge is 2.28. The molecule has 13 heteroatoms. The van der Waals surface area contributed by atoms with E-state index < -0.39 is 11.6 Å². The molecule has 0 spiro atoms. The summed E-state index contributed by atoms with van der Waals surface area (Å²) in [5.41, 5.74) is 6.03. The van der Waals surface area contributed by atoms with Gasteiger partial charge in [-0.1, -0.05) is 5.16 Å². The van der Waals surface area contributed by atoms with Gasteiger partial charge in [-0.2, -0.15) is 4.98 Å². The molecule has 2 aliphatic heterocycles. The zero-order valence-corrected chi connectivity index (χ0v) is 22.7. The molecule has 5 rings (SSSR count). The molecule has 0 aliphatic carbocycles. The van der Waals surface area contributed by atoms with Crippen molar-refractivity contribution in [3.05, 3.63) is 60.0 Å². The Hall–Kier alpha value is -3.87. The zero-order chi connectivity index (χ0) is 28.5. The van der Waals surface area contributed by atoms with Gasteiger partial charge in [0.1, 0.15) is 11.6 Å². The van der Waals surface area contributed by atoms with Crippen molar-refractivity contribution in [1.82, 2.24) is 25.0 Å². The smallest absolute Gasteiger partial charge is 0.410 e. The highest BCUT2D eigenvalue weighted by Crippen LogP contribution is 2.26. The van der Waals surface area contributed by atoms with Gasteiger partial charge in [0.2, 0.25) is 5.95 Å². The average Bonchev–Trinajstić information content (AvgIpc) is 3.43. The lowest BCUT2D eigenvalue weighted by molar-refractivity contribution is 0.0688. The lowest BCUT2D eigenvalue weighted by Crippen LogP contribution is -2.43. The molecule has 1 atom stereocenters. The molecule has 2 aromatic heterocycles. The van der Waals surface area contributed by atoms with Gasteiger partial charge in [-0.05, 0) is 63.8 Å². The van der Waals surface area contributed by atoms with E-state index in [9.17, 15) is 13.6 Å². The standard InChI is InChI=1S/C21H31N7O4.C6H4F2/c1-14(2)31-21(29)27-8-5-15(6-9-27)19-25-18(32-26-19)13-30-17-10-23-20(24-11-17)28-7-3-4-16(22)12-28;7-5-1-2-6(8)4-3-5/h10-11,14-16H,3-9,12-13,22H2,1-2H3;1-4H. The van der Waals surface area contributed by atoms with Crippen molar-refractivity contribution in [2.75, 3.05) is 31.1 Å². The van der Waals surface area contributed by atoms with E-state index in [0.29, 0.717) is 36.5 Å². The molecule has 1 unspecified atom stereocenters. The predicted molar refractivity (Wildman–Crippen MR) is 142 cm³/mol. The number of halogens is 2. The number of ether oxygens (including phenoxy) is 2. The summed E-state index contributed by atoms with van der Waals surface area (Å²) < 4.78 is 40.1. The first-order valence-corrected chi connectivity index (χ1v) is 13.4. The SMILES string of the molecule is CC(C)OC(=O)N1CCC(c2noc(COc3cnc(N4CCCC(N)C4)nc3)n2)CC1.Fc1ccc(F)cc1. The van der Waals surface area contributed by atoms with Crippen LogP contribution in [0.3, 0.4) is 0 Å². The summed E-state index contributed by atoms with van der Waals surface area (Å²) in [4.78, 5) is 29.1. The van der Waals surface area contributed by atoms with E-state index in [4.69, 9.17) is 19.7 Å². The second kappa shape index (κ2) is 14.0. The first-order valence-electron chi connectivity index (χ1n) is 13.4. The van der Waals surface area contributed by atoms with Gasteiger partial charge in [0.05, 0.1) is 18.5 Å². The third-order valence-electron chi connectivity index (χ3n) is 6.46. The Balaban J connectivity index is 0.000000398. The number of carbonyl (C=O) groups excluding carboxylic acids is 1. The maximum Gasteiger partial charge on any atom is 0.410 e. The van der Waals surface area contributed by atoms with Gasteiger partial charge >= 0.3 is 6.09 Å². The van der Waals surface area contributed by atoms with E-state index in [-0.39, 0.29) is 30.8 Å². The van der Waals surface area contributed by atoms with Crippen LogP contribution in [0.4, 0.5) is 19.5 Å². The summed E-state index contributed by atoms with van der Waals surface area (Å²) in [5.74, 6) is 1.57. The molecule has 2 saturated heterocycles.